The van der Waals surface area contributed by atoms with Gasteiger partial charge in [0.2, 0.25) is 0 Å². The van der Waals surface area contributed by atoms with Crippen molar-refractivity contribution in [1.82, 2.24) is 0 Å². The lowest BCUT2D eigenvalue weighted by Gasteiger charge is -2.07. The minimum Gasteiger partial charge on any atom is -0.314 e. The summed E-state index contributed by atoms with van der Waals surface area (Å²) in [6.45, 7) is 0.999. The van der Waals surface area contributed by atoms with E-state index in [2.05, 4.69) is 26.0 Å². The van der Waals surface area contributed by atoms with Gasteiger partial charge in [0.25, 0.3) is 0 Å². The van der Waals surface area contributed by atoms with Gasteiger partial charge in [-0.3, -0.25) is 0 Å². The summed E-state index contributed by atoms with van der Waals surface area (Å²) in [5, 5.41) is 0. The summed E-state index contributed by atoms with van der Waals surface area (Å²) in [5.41, 5.74) is 2.28. The Balaban J connectivity index is 2.50. The molecule has 0 saturated carbocycles. The van der Waals surface area contributed by atoms with E-state index in [0.717, 1.165) is 24.2 Å². The maximum absolute atomic E-state index is 12.7. The molecule has 1 heterocycles. The molecule has 2 rings (SSSR count). The van der Waals surface area contributed by atoms with E-state index in [1.165, 1.54) is 6.07 Å². The predicted molar refractivity (Wildman–Crippen MR) is 51.5 cm³/mol. The lowest BCUT2D eigenvalue weighted by Crippen LogP contribution is -2.02. The average Bonchev–Trinajstić information content (AvgIpc) is 2.32. The summed E-state index contributed by atoms with van der Waals surface area (Å²) in [4.78, 5) is 0. The molecule has 0 radical (unpaired) electrons. The van der Waals surface area contributed by atoms with Gasteiger partial charge in [-0.15, -0.1) is 0 Å². The normalized spacial score (nSPS) is 15.3. The van der Waals surface area contributed by atoms with Crippen molar-refractivity contribution in [3.05, 3.63) is 29.6 Å². The highest BCUT2D eigenvalue weighted by Gasteiger charge is 2.16. The van der Waals surface area contributed by atoms with Crippen LogP contribution in [0.2, 0.25) is 0 Å². The molecule has 58 valence electrons. The monoisotopic (exact) mass is 263 g/mol. The first-order valence-electron chi connectivity index (χ1n) is 3.49. The molecular formula is C8H7FIN. The van der Waals surface area contributed by atoms with Crippen LogP contribution in [-0.2, 0) is 6.42 Å². The highest BCUT2D eigenvalue weighted by Crippen LogP contribution is 2.30. The number of nitrogens with zero attached hydrogens (tertiary/aromatic N) is 1. The summed E-state index contributed by atoms with van der Waals surface area (Å²) in [7, 11) is 0. The van der Waals surface area contributed by atoms with Gasteiger partial charge in [0, 0.05) is 12.2 Å². The van der Waals surface area contributed by atoms with Crippen LogP contribution in [0.25, 0.3) is 0 Å². The molecule has 1 aromatic rings. The fourth-order valence-corrected chi connectivity index (χ4v) is 2.04. The molecule has 0 aromatic heterocycles. The molecule has 0 atom stereocenters. The first-order chi connectivity index (χ1) is 5.27. The van der Waals surface area contributed by atoms with Crippen LogP contribution in [0.3, 0.4) is 0 Å². The minimum absolute atomic E-state index is 0.129. The van der Waals surface area contributed by atoms with Crippen molar-refractivity contribution in [2.75, 3.05) is 9.66 Å². The quantitative estimate of drug-likeness (QED) is 0.513. The molecule has 0 aliphatic carbocycles. The van der Waals surface area contributed by atoms with Gasteiger partial charge in [-0.1, -0.05) is 0 Å². The number of benzene rings is 1. The predicted octanol–water partition coefficient (Wildman–Crippen LogP) is 2.54. The van der Waals surface area contributed by atoms with Crippen LogP contribution in [0.1, 0.15) is 5.56 Å². The van der Waals surface area contributed by atoms with E-state index in [1.807, 2.05) is 6.07 Å². The molecular weight excluding hydrogens is 256 g/mol. The SMILES string of the molecule is Fc1ccc2c(c1)CCN2I. The standard InChI is InChI=1S/C8H7FIN/c9-7-1-2-8-6(5-7)3-4-11(8)10/h1-2,5H,3-4H2. The van der Waals surface area contributed by atoms with Gasteiger partial charge in [0.1, 0.15) is 5.82 Å². The lowest BCUT2D eigenvalue weighted by molar-refractivity contribution is 0.626. The first-order valence-corrected chi connectivity index (χ1v) is 4.45. The van der Waals surface area contributed by atoms with Crippen molar-refractivity contribution >= 4 is 28.6 Å². The number of hydrogen-bond acceptors (Lipinski definition) is 1. The third-order valence-electron chi connectivity index (χ3n) is 1.88. The summed E-state index contributed by atoms with van der Waals surface area (Å²) >= 11 is 2.25. The van der Waals surface area contributed by atoms with Crippen molar-refractivity contribution in [2.24, 2.45) is 0 Å². The van der Waals surface area contributed by atoms with Crippen molar-refractivity contribution in [3.63, 3.8) is 0 Å². The number of fused-ring (bicyclic) bond motifs is 1. The van der Waals surface area contributed by atoms with Crippen molar-refractivity contribution in [2.45, 2.75) is 6.42 Å². The minimum atomic E-state index is -0.129. The Hall–Kier alpha value is -0.320. The second-order valence-corrected chi connectivity index (χ2v) is 3.77. The summed E-state index contributed by atoms with van der Waals surface area (Å²) in [6.07, 6.45) is 0.968. The van der Waals surface area contributed by atoms with Crippen LogP contribution in [-0.4, -0.2) is 6.54 Å². The van der Waals surface area contributed by atoms with Crippen LogP contribution < -0.4 is 3.11 Å². The topological polar surface area (TPSA) is 3.24 Å². The number of halogens is 2. The number of rotatable bonds is 0. The first kappa shape index (κ1) is 7.34. The zero-order chi connectivity index (χ0) is 7.84. The third-order valence-corrected chi connectivity index (χ3v) is 2.88. The maximum atomic E-state index is 12.7. The van der Waals surface area contributed by atoms with Crippen molar-refractivity contribution < 1.29 is 4.39 Å². The molecule has 0 saturated heterocycles. The molecule has 0 amide bonds. The van der Waals surface area contributed by atoms with E-state index < -0.39 is 0 Å². The Kier molecular flexibility index (Phi) is 1.75. The van der Waals surface area contributed by atoms with E-state index in [1.54, 1.807) is 6.07 Å². The molecule has 0 fully saturated rings. The molecule has 0 bridgehead atoms. The van der Waals surface area contributed by atoms with Gasteiger partial charge >= 0.3 is 0 Å². The largest absolute Gasteiger partial charge is 0.314 e. The summed E-state index contributed by atoms with van der Waals surface area (Å²) in [5.74, 6) is -0.129. The second kappa shape index (κ2) is 2.62. The summed E-state index contributed by atoms with van der Waals surface area (Å²) in [6, 6.07) is 4.97. The fraction of sp³-hybridized carbons (Fsp3) is 0.250. The van der Waals surface area contributed by atoms with Crippen LogP contribution in [0.15, 0.2) is 18.2 Å². The summed E-state index contributed by atoms with van der Waals surface area (Å²) < 4.78 is 14.8. The molecule has 1 nitrogen and oxygen atoms in total. The van der Waals surface area contributed by atoms with Crippen molar-refractivity contribution in [1.29, 1.82) is 0 Å². The molecule has 1 aliphatic rings. The zero-order valence-electron chi connectivity index (χ0n) is 5.85. The Morgan fingerprint density at radius 1 is 1.45 bits per heavy atom. The zero-order valence-corrected chi connectivity index (χ0v) is 8.01. The van der Waals surface area contributed by atoms with Gasteiger partial charge in [-0.05, 0) is 30.2 Å². The molecule has 0 spiro atoms. The average molecular weight is 263 g/mol. The van der Waals surface area contributed by atoms with E-state index in [9.17, 15) is 4.39 Å². The number of hydrogen-bond donors (Lipinski definition) is 0. The van der Waals surface area contributed by atoms with E-state index in [4.69, 9.17) is 0 Å². The highest BCUT2D eigenvalue weighted by molar-refractivity contribution is 14.1. The van der Waals surface area contributed by atoms with Crippen LogP contribution >= 0.6 is 22.9 Å². The van der Waals surface area contributed by atoms with E-state index in [0.29, 0.717) is 0 Å². The fourth-order valence-electron chi connectivity index (χ4n) is 1.33. The van der Waals surface area contributed by atoms with Gasteiger partial charge < -0.3 is 3.11 Å². The van der Waals surface area contributed by atoms with Gasteiger partial charge in [-0.25, -0.2) is 4.39 Å². The Labute approximate surface area is 78.7 Å². The van der Waals surface area contributed by atoms with E-state index >= 15 is 0 Å². The van der Waals surface area contributed by atoms with Crippen LogP contribution in [0, 0.1) is 5.82 Å². The molecule has 11 heavy (non-hydrogen) atoms. The van der Waals surface area contributed by atoms with Gasteiger partial charge in [0.15, 0.2) is 0 Å². The molecule has 0 N–H and O–H groups in total. The molecule has 3 heteroatoms. The Morgan fingerprint density at radius 2 is 2.27 bits per heavy atom. The Bertz CT molecular complexity index is 287. The highest BCUT2D eigenvalue weighted by atomic mass is 127. The smallest absolute Gasteiger partial charge is 0.123 e. The third kappa shape index (κ3) is 1.21. The molecule has 0 unspecified atom stereocenters. The van der Waals surface area contributed by atoms with Crippen LogP contribution in [0.4, 0.5) is 10.1 Å². The van der Waals surface area contributed by atoms with Gasteiger partial charge in [-0.2, -0.15) is 0 Å². The molecule has 1 aromatic carbocycles. The Morgan fingerprint density at radius 3 is 3.09 bits per heavy atom. The lowest BCUT2D eigenvalue weighted by atomic mass is 10.2. The maximum Gasteiger partial charge on any atom is 0.123 e. The van der Waals surface area contributed by atoms with Gasteiger partial charge in [0.05, 0.1) is 22.9 Å². The number of anilines is 1. The second-order valence-electron chi connectivity index (χ2n) is 2.61. The van der Waals surface area contributed by atoms with Crippen LogP contribution in [0.5, 0.6) is 0 Å². The van der Waals surface area contributed by atoms with E-state index in [-0.39, 0.29) is 5.82 Å². The van der Waals surface area contributed by atoms with Crippen molar-refractivity contribution in [3.8, 4) is 0 Å². The molecule has 1 aliphatic heterocycles.